The van der Waals surface area contributed by atoms with E-state index in [1.807, 2.05) is 12.1 Å². The number of nitrogen functional groups attached to an aromatic ring is 1. The van der Waals surface area contributed by atoms with Gasteiger partial charge in [-0.15, -0.1) is 0 Å². The van der Waals surface area contributed by atoms with Crippen LogP contribution in [0.2, 0.25) is 0 Å². The molecule has 4 nitrogen and oxygen atoms in total. The quantitative estimate of drug-likeness (QED) is 0.638. The Kier molecular flexibility index (Phi) is 2.47. The molecule has 84 valence electrons. The highest BCUT2D eigenvalue weighted by Gasteiger charge is 2.05. The number of rotatable bonds is 2. The van der Waals surface area contributed by atoms with Gasteiger partial charge in [0.1, 0.15) is 5.75 Å². The lowest BCUT2D eigenvalue weighted by molar-refractivity contribution is 0.493. The second kappa shape index (κ2) is 3.68. The fourth-order valence-electron chi connectivity index (χ4n) is 1.50. The van der Waals surface area contributed by atoms with E-state index in [0.29, 0.717) is 5.69 Å². The van der Waals surface area contributed by atoms with Gasteiger partial charge >= 0.3 is 10.1 Å². The Labute approximate surface area is 93.8 Å². The lowest BCUT2D eigenvalue weighted by atomic mass is 10.1. The van der Waals surface area contributed by atoms with Crippen LogP contribution in [0.1, 0.15) is 0 Å². The first-order valence-electron chi connectivity index (χ1n) is 4.63. The summed E-state index contributed by atoms with van der Waals surface area (Å²) in [5.41, 5.74) is 6.38. The van der Waals surface area contributed by atoms with Crippen LogP contribution in [-0.4, -0.2) is 14.7 Å². The normalized spacial score (nSPS) is 11.6. The molecule has 0 bridgehead atoms. The van der Waals surface area contributed by atoms with Gasteiger partial charge in [0.25, 0.3) is 0 Å². The highest BCUT2D eigenvalue weighted by atomic mass is 32.2. The smallest absolute Gasteiger partial charge is 0.306 e. The Hall–Kier alpha value is -1.75. The van der Waals surface area contributed by atoms with Crippen LogP contribution in [0, 0.1) is 0 Å². The molecule has 5 heteroatoms. The molecule has 0 saturated heterocycles. The van der Waals surface area contributed by atoms with Gasteiger partial charge in [-0.3, -0.25) is 0 Å². The van der Waals surface area contributed by atoms with Crippen LogP contribution < -0.4 is 9.92 Å². The molecule has 0 atom stereocenters. The van der Waals surface area contributed by atoms with Crippen LogP contribution in [0.15, 0.2) is 36.4 Å². The van der Waals surface area contributed by atoms with Crippen LogP contribution in [0.3, 0.4) is 0 Å². The summed E-state index contributed by atoms with van der Waals surface area (Å²) in [5, 5.41) is 1.73. The molecule has 2 aromatic rings. The van der Waals surface area contributed by atoms with Crippen molar-refractivity contribution in [3.8, 4) is 5.75 Å². The average molecular weight is 237 g/mol. The van der Waals surface area contributed by atoms with Gasteiger partial charge < -0.3 is 9.92 Å². The fourth-order valence-corrected chi connectivity index (χ4v) is 1.96. The highest BCUT2D eigenvalue weighted by Crippen LogP contribution is 2.26. The average Bonchev–Trinajstić information content (AvgIpc) is 2.17. The minimum atomic E-state index is -3.50. The molecule has 0 spiro atoms. The third kappa shape index (κ3) is 2.25. The van der Waals surface area contributed by atoms with Gasteiger partial charge in [0.2, 0.25) is 0 Å². The van der Waals surface area contributed by atoms with Gasteiger partial charge in [-0.1, -0.05) is 18.2 Å². The van der Waals surface area contributed by atoms with Gasteiger partial charge in [-0.05, 0) is 23.6 Å². The summed E-state index contributed by atoms with van der Waals surface area (Å²) in [6.45, 7) is 0. The Bertz CT molecular complexity index is 635. The van der Waals surface area contributed by atoms with E-state index in [4.69, 9.17) is 9.92 Å². The molecule has 0 unspecified atom stereocenters. The maximum Gasteiger partial charge on any atom is 0.306 e. The Morgan fingerprint density at radius 3 is 2.62 bits per heavy atom. The summed E-state index contributed by atoms with van der Waals surface area (Å²) in [5.74, 6) is 0.271. The highest BCUT2D eigenvalue weighted by molar-refractivity contribution is 7.86. The Morgan fingerprint density at radius 2 is 1.94 bits per heavy atom. The molecule has 0 aliphatic carbocycles. The van der Waals surface area contributed by atoms with Crippen molar-refractivity contribution in [1.29, 1.82) is 0 Å². The fraction of sp³-hybridized carbons (Fsp3) is 0.0909. The molecule has 0 heterocycles. The maximum absolute atomic E-state index is 11.0. The third-order valence-electron chi connectivity index (χ3n) is 2.13. The number of fused-ring (bicyclic) bond motifs is 1. The molecule has 16 heavy (non-hydrogen) atoms. The van der Waals surface area contributed by atoms with E-state index in [9.17, 15) is 8.42 Å². The predicted molar refractivity (Wildman–Crippen MR) is 63.8 cm³/mol. The van der Waals surface area contributed by atoms with Gasteiger partial charge in [-0.25, -0.2) is 0 Å². The number of hydrogen-bond acceptors (Lipinski definition) is 4. The lowest BCUT2D eigenvalue weighted by Crippen LogP contribution is -2.05. The first-order valence-corrected chi connectivity index (χ1v) is 6.45. The first kappa shape index (κ1) is 10.8. The molecule has 0 fully saturated rings. The summed E-state index contributed by atoms with van der Waals surface area (Å²) >= 11 is 0. The minimum absolute atomic E-state index is 0.271. The lowest BCUT2D eigenvalue weighted by Gasteiger charge is -2.05. The molecule has 0 aliphatic heterocycles. The molecule has 0 aliphatic rings. The summed E-state index contributed by atoms with van der Waals surface area (Å²) < 4.78 is 26.7. The van der Waals surface area contributed by atoms with Crippen LogP contribution in [0.4, 0.5) is 5.69 Å². The molecular weight excluding hydrogens is 226 g/mol. The monoisotopic (exact) mass is 237 g/mol. The second-order valence-corrected chi connectivity index (χ2v) is 5.09. The van der Waals surface area contributed by atoms with Crippen LogP contribution in [0.25, 0.3) is 10.8 Å². The summed E-state index contributed by atoms with van der Waals surface area (Å²) in [7, 11) is -3.50. The van der Waals surface area contributed by atoms with E-state index in [1.54, 1.807) is 24.3 Å². The standard InChI is InChI=1S/C11H11NO3S/c1-16(13,14)15-9-6-5-8-3-2-4-11(12)10(8)7-9/h2-7H,12H2,1H3. The van der Waals surface area contributed by atoms with Gasteiger partial charge in [0.15, 0.2) is 0 Å². The first-order chi connectivity index (χ1) is 7.46. The zero-order valence-electron chi connectivity index (χ0n) is 8.67. The Balaban J connectivity index is 2.55. The van der Waals surface area contributed by atoms with E-state index in [0.717, 1.165) is 17.0 Å². The maximum atomic E-state index is 11.0. The van der Waals surface area contributed by atoms with Gasteiger partial charge in [-0.2, -0.15) is 8.42 Å². The second-order valence-electron chi connectivity index (χ2n) is 3.52. The Morgan fingerprint density at radius 1 is 1.19 bits per heavy atom. The summed E-state index contributed by atoms with van der Waals surface area (Å²) in [4.78, 5) is 0. The van der Waals surface area contributed by atoms with Crippen molar-refractivity contribution >= 4 is 26.6 Å². The van der Waals surface area contributed by atoms with E-state index in [2.05, 4.69) is 0 Å². The van der Waals surface area contributed by atoms with E-state index < -0.39 is 10.1 Å². The van der Waals surface area contributed by atoms with Crippen LogP contribution >= 0.6 is 0 Å². The van der Waals surface area contributed by atoms with Crippen molar-refractivity contribution in [2.75, 3.05) is 12.0 Å². The number of benzene rings is 2. The summed E-state index contributed by atoms with van der Waals surface area (Å²) in [6, 6.07) is 10.5. The molecule has 0 saturated carbocycles. The topological polar surface area (TPSA) is 69.4 Å². The van der Waals surface area contributed by atoms with Crippen LogP contribution in [-0.2, 0) is 10.1 Å². The van der Waals surface area contributed by atoms with Gasteiger partial charge in [0.05, 0.1) is 6.26 Å². The van der Waals surface area contributed by atoms with Crippen molar-refractivity contribution in [3.05, 3.63) is 36.4 Å². The van der Waals surface area contributed by atoms with E-state index in [1.165, 1.54) is 0 Å². The largest absolute Gasteiger partial charge is 0.398 e. The molecular formula is C11H11NO3S. The van der Waals surface area contributed by atoms with Crippen LogP contribution in [0.5, 0.6) is 5.75 Å². The molecule has 2 aromatic carbocycles. The molecule has 2 rings (SSSR count). The molecule has 0 aromatic heterocycles. The van der Waals surface area contributed by atoms with Crippen molar-refractivity contribution < 1.29 is 12.6 Å². The van der Waals surface area contributed by atoms with E-state index in [-0.39, 0.29) is 5.75 Å². The van der Waals surface area contributed by atoms with Crippen molar-refractivity contribution in [2.24, 2.45) is 0 Å². The summed E-state index contributed by atoms with van der Waals surface area (Å²) in [6.07, 6.45) is 1.01. The number of nitrogens with two attached hydrogens (primary N) is 1. The zero-order chi connectivity index (χ0) is 11.8. The third-order valence-corrected chi connectivity index (χ3v) is 2.63. The predicted octanol–water partition coefficient (Wildman–Crippen LogP) is 1.76. The minimum Gasteiger partial charge on any atom is -0.398 e. The van der Waals surface area contributed by atoms with Crippen molar-refractivity contribution in [2.45, 2.75) is 0 Å². The van der Waals surface area contributed by atoms with Crippen molar-refractivity contribution in [3.63, 3.8) is 0 Å². The van der Waals surface area contributed by atoms with E-state index >= 15 is 0 Å². The zero-order valence-corrected chi connectivity index (χ0v) is 9.49. The molecule has 2 N–H and O–H groups in total. The SMILES string of the molecule is CS(=O)(=O)Oc1ccc2cccc(N)c2c1. The number of anilines is 1. The molecule has 0 radical (unpaired) electrons. The molecule has 0 amide bonds. The van der Waals surface area contributed by atoms with Crippen molar-refractivity contribution in [1.82, 2.24) is 0 Å². The number of hydrogen-bond donors (Lipinski definition) is 1. The van der Waals surface area contributed by atoms with Gasteiger partial charge in [0, 0.05) is 11.1 Å².